The van der Waals surface area contributed by atoms with Crippen molar-refractivity contribution in [2.45, 2.75) is 6.54 Å². The molecule has 2 heterocycles. The number of nitrogens with zero attached hydrogens (tertiary/aromatic N) is 4. The Bertz CT molecular complexity index is 1490. The standard InChI is InChI=1S/C25H26N6O7S/c1-35-18-10-8-17(9-11-18)16-28-39(33,34)31-22-21(38-20-7-4-3-6-19(20)36-2)25(37-15-14-32)30-24(29-22)23-26-12-5-13-27-23/h3-13,28,32H,14-16H2,1-2H3,(H,29,30,31). The van der Waals surface area contributed by atoms with Crippen LogP contribution in [0.5, 0.6) is 28.9 Å². The highest BCUT2D eigenvalue weighted by molar-refractivity contribution is 7.90. The predicted octanol–water partition coefficient (Wildman–Crippen LogP) is 2.56. The maximum atomic E-state index is 13.1. The second-order valence-electron chi connectivity index (χ2n) is 7.70. The number of methoxy groups -OCH3 is 2. The highest BCUT2D eigenvalue weighted by Gasteiger charge is 2.25. The van der Waals surface area contributed by atoms with Gasteiger partial charge in [-0.25, -0.2) is 15.0 Å². The molecule has 0 fully saturated rings. The molecule has 0 saturated carbocycles. The lowest BCUT2D eigenvalue weighted by atomic mass is 10.2. The third-order valence-corrected chi connectivity index (χ3v) is 6.05. The molecule has 0 bridgehead atoms. The number of anilines is 1. The summed E-state index contributed by atoms with van der Waals surface area (Å²) in [5, 5.41) is 9.36. The first-order valence-corrected chi connectivity index (χ1v) is 13.0. The molecule has 0 aliphatic carbocycles. The molecule has 39 heavy (non-hydrogen) atoms. The van der Waals surface area contributed by atoms with E-state index in [0.717, 1.165) is 0 Å². The summed E-state index contributed by atoms with van der Waals surface area (Å²) in [5.74, 6) is 0.757. The molecule has 0 unspecified atom stereocenters. The summed E-state index contributed by atoms with van der Waals surface area (Å²) in [6, 6.07) is 15.2. The first kappa shape index (κ1) is 27.5. The fourth-order valence-electron chi connectivity index (χ4n) is 3.24. The summed E-state index contributed by atoms with van der Waals surface area (Å²) in [5.41, 5.74) is 0.694. The Balaban J connectivity index is 1.73. The van der Waals surface area contributed by atoms with Gasteiger partial charge >= 0.3 is 10.2 Å². The minimum Gasteiger partial charge on any atom is -0.497 e. The van der Waals surface area contributed by atoms with Crippen molar-refractivity contribution >= 4 is 16.0 Å². The number of rotatable bonds is 13. The molecular formula is C25H26N6O7S. The average molecular weight is 555 g/mol. The van der Waals surface area contributed by atoms with Crippen LogP contribution in [-0.4, -0.2) is 60.9 Å². The van der Waals surface area contributed by atoms with Crippen LogP contribution in [0.2, 0.25) is 0 Å². The average Bonchev–Trinajstić information content (AvgIpc) is 2.97. The Morgan fingerprint density at radius 2 is 1.59 bits per heavy atom. The van der Waals surface area contributed by atoms with Crippen LogP contribution >= 0.6 is 0 Å². The Labute approximate surface area is 225 Å². The molecule has 0 aliphatic rings. The summed E-state index contributed by atoms with van der Waals surface area (Å²) >= 11 is 0. The SMILES string of the molecule is COc1ccc(CNS(=O)(=O)Nc2nc(-c3ncccn3)nc(OCCO)c2Oc2ccccc2OC)cc1. The maximum absolute atomic E-state index is 13.1. The van der Waals surface area contributed by atoms with E-state index in [4.69, 9.17) is 18.9 Å². The predicted molar refractivity (Wildman–Crippen MR) is 141 cm³/mol. The number of ether oxygens (including phenoxy) is 4. The summed E-state index contributed by atoms with van der Waals surface area (Å²) in [7, 11) is -1.19. The van der Waals surface area contributed by atoms with Gasteiger partial charge < -0.3 is 24.1 Å². The molecule has 4 aromatic rings. The van der Waals surface area contributed by atoms with E-state index in [2.05, 4.69) is 29.4 Å². The highest BCUT2D eigenvalue weighted by atomic mass is 32.2. The number of aromatic nitrogens is 4. The number of hydrogen-bond acceptors (Lipinski definition) is 11. The van der Waals surface area contributed by atoms with Gasteiger partial charge in [-0.1, -0.05) is 24.3 Å². The van der Waals surface area contributed by atoms with Gasteiger partial charge in [-0.05, 0) is 35.9 Å². The van der Waals surface area contributed by atoms with Crippen molar-refractivity contribution in [1.82, 2.24) is 24.7 Å². The molecule has 3 N–H and O–H groups in total. The number of nitrogens with one attached hydrogen (secondary N) is 2. The molecule has 0 aliphatic heterocycles. The lowest BCUT2D eigenvalue weighted by Gasteiger charge is -2.18. The van der Waals surface area contributed by atoms with Crippen molar-refractivity contribution in [2.75, 3.05) is 32.2 Å². The molecule has 204 valence electrons. The first-order chi connectivity index (χ1) is 18.9. The monoisotopic (exact) mass is 554 g/mol. The van der Waals surface area contributed by atoms with Crippen LogP contribution < -0.4 is 28.4 Å². The fraction of sp³-hybridized carbons (Fsp3) is 0.200. The minimum absolute atomic E-state index is 0.0182. The zero-order valence-electron chi connectivity index (χ0n) is 21.1. The van der Waals surface area contributed by atoms with Crippen molar-refractivity contribution in [3.63, 3.8) is 0 Å². The first-order valence-electron chi connectivity index (χ1n) is 11.6. The zero-order chi connectivity index (χ0) is 27.7. The van der Waals surface area contributed by atoms with E-state index >= 15 is 0 Å². The number of para-hydroxylation sites is 2. The summed E-state index contributed by atoms with van der Waals surface area (Å²) in [4.78, 5) is 16.9. The van der Waals surface area contributed by atoms with Crippen molar-refractivity contribution < 1.29 is 32.5 Å². The van der Waals surface area contributed by atoms with E-state index < -0.39 is 10.2 Å². The van der Waals surface area contributed by atoms with E-state index in [1.807, 2.05) is 0 Å². The molecule has 0 spiro atoms. The van der Waals surface area contributed by atoms with Crippen molar-refractivity contribution in [1.29, 1.82) is 0 Å². The maximum Gasteiger partial charge on any atom is 0.300 e. The smallest absolute Gasteiger partial charge is 0.300 e. The second kappa shape index (κ2) is 12.8. The summed E-state index contributed by atoms with van der Waals surface area (Å²) in [6.45, 7) is -0.508. The largest absolute Gasteiger partial charge is 0.497 e. The summed E-state index contributed by atoms with van der Waals surface area (Å²) < 4.78 is 53.2. The fourth-order valence-corrected chi connectivity index (χ4v) is 4.07. The van der Waals surface area contributed by atoms with Gasteiger partial charge in [0.1, 0.15) is 12.4 Å². The van der Waals surface area contributed by atoms with Gasteiger partial charge in [-0.15, -0.1) is 0 Å². The quantitative estimate of drug-likeness (QED) is 0.222. The van der Waals surface area contributed by atoms with Crippen molar-refractivity contribution in [3.05, 3.63) is 72.6 Å². The van der Waals surface area contributed by atoms with Crippen LogP contribution in [0.4, 0.5) is 5.82 Å². The molecule has 0 saturated heterocycles. The van der Waals surface area contributed by atoms with E-state index in [9.17, 15) is 13.5 Å². The Hall–Kier alpha value is -4.53. The molecule has 0 atom stereocenters. The third-order valence-electron chi connectivity index (χ3n) is 5.07. The minimum atomic E-state index is -4.19. The summed E-state index contributed by atoms with van der Waals surface area (Å²) in [6.07, 6.45) is 2.97. The van der Waals surface area contributed by atoms with Gasteiger partial charge in [0.2, 0.25) is 11.6 Å². The molecule has 2 aromatic heterocycles. The van der Waals surface area contributed by atoms with Gasteiger partial charge in [0.15, 0.2) is 23.1 Å². The van der Waals surface area contributed by atoms with Crippen LogP contribution in [0.15, 0.2) is 67.0 Å². The molecule has 4 rings (SSSR count). The third kappa shape index (κ3) is 7.28. The number of aliphatic hydroxyl groups excluding tert-OH is 1. The van der Waals surface area contributed by atoms with Gasteiger partial charge in [0.05, 0.1) is 20.8 Å². The van der Waals surface area contributed by atoms with E-state index in [-0.39, 0.29) is 54.6 Å². The highest BCUT2D eigenvalue weighted by Crippen LogP contribution is 2.40. The number of aliphatic hydroxyl groups is 1. The topological polar surface area (TPSA) is 167 Å². The second-order valence-corrected chi connectivity index (χ2v) is 9.20. The zero-order valence-corrected chi connectivity index (χ0v) is 21.9. The van der Waals surface area contributed by atoms with Crippen molar-refractivity contribution in [3.8, 4) is 40.5 Å². The molecule has 0 amide bonds. The lowest BCUT2D eigenvalue weighted by Crippen LogP contribution is -2.30. The molecule has 2 aromatic carbocycles. The van der Waals surface area contributed by atoms with Crippen LogP contribution in [-0.2, 0) is 16.8 Å². The Morgan fingerprint density at radius 3 is 2.26 bits per heavy atom. The Morgan fingerprint density at radius 1 is 0.872 bits per heavy atom. The van der Waals surface area contributed by atoms with E-state index in [1.54, 1.807) is 61.7 Å². The van der Waals surface area contributed by atoms with Gasteiger partial charge in [0, 0.05) is 18.9 Å². The van der Waals surface area contributed by atoms with E-state index in [0.29, 0.717) is 17.1 Å². The van der Waals surface area contributed by atoms with Gasteiger partial charge in [0.25, 0.3) is 5.88 Å². The lowest BCUT2D eigenvalue weighted by molar-refractivity contribution is 0.192. The van der Waals surface area contributed by atoms with Crippen LogP contribution in [0.25, 0.3) is 11.6 Å². The van der Waals surface area contributed by atoms with Gasteiger partial charge in [-0.2, -0.15) is 18.1 Å². The normalized spacial score (nSPS) is 11.1. The van der Waals surface area contributed by atoms with Crippen LogP contribution in [0.1, 0.15) is 5.56 Å². The Kier molecular flexibility index (Phi) is 9.04. The molecule has 14 heteroatoms. The number of benzene rings is 2. The van der Waals surface area contributed by atoms with Crippen molar-refractivity contribution in [2.24, 2.45) is 0 Å². The van der Waals surface area contributed by atoms with Crippen LogP contribution in [0, 0.1) is 0 Å². The molecule has 13 nitrogen and oxygen atoms in total. The van der Waals surface area contributed by atoms with Gasteiger partial charge in [-0.3, -0.25) is 4.72 Å². The molecule has 0 radical (unpaired) electrons. The van der Waals surface area contributed by atoms with E-state index in [1.165, 1.54) is 19.5 Å². The van der Waals surface area contributed by atoms with Crippen LogP contribution in [0.3, 0.4) is 0 Å². The number of hydrogen-bond donors (Lipinski definition) is 3. The molecular weight excluding hydrogens is 528 g/mol.